The molecule has 156 valence electrons. The molecule has 3 rings (SSSR count). The second-order valence-corrected chi connectivity index (χ2v) is 8.15. The summed E-state index contributed by atoms with van der Waals surface area (Å²) in [5, 5.41) is 6.95. The molecule has 2 saturated heterocycles. The Morgan fingerprint density at radius 3 is 2.48 bits per heavy atom. The predicted molar refractivity (Wildman–Crippen MR) is 122 cm³/mol. The van der Waals surface area contributed by atoms with Crippen LogP contribution in [0.25, 0.3) is 0 Å². The number of aliphatic imine (C=N–C) groups is 1. The van der Waals surface area contributed by atoms with E-state index in [2.05, 4.69) is 25.4 Å². The maximum atomic E-state index is 12.5. The third kappa shape index (κ3) is 7.07. The van der Waals surface area contributed by atoms with Crippen LogP contribution >= 0.6 is 24.0 Å². The van der Waals surface area contributed by atoms with Gasteiger partial charge in [-0.3, -0.25) is 9.79 Å². The molecule has 3 fully saturated rings. The fourth-order valence-electron chi connectivity index (χ4n) is 4.57. The number of amides is 1. The van der Waals surface area contributed by atoms with Crippen LogP contribution in [0.15, 0.2) is 4.99 Å². The van der Waals surface area contributed by atoms with Crippen molar-refractivity contribution in [3.05, 3.63) is 0 Å². The van der Waals surface area contributed by atoms with Gasteiger partial charge >= 0.3 is 0 Å². The Morgan fingerprint density at radius 1 is 1.04 bits per heavy atom. The molecule has 0 aromatic rings. The zero-order valence-electron chi connectivity index (χ0n) is 16.9. The number of guanidine groups is 1. The van der Waals surface area contributed by atoms with Crippen molar-refractivity contribution in [3.63, 3.8) is 0 Å². The molecule has 1 unspecified atom stereocenters. The molecule has 27 heavy (non-hydrogen) atoms. The first-order valence-corrected chi connectivity index (χ1v) is 10.7. The molecule has 3 aliphatic rings. The summed E-state index contributed by atoms with van der Waals surface area (Å²) in [6, 6.07) is 0.330. The lowest BCUT2D eigenvalue weighted by Crippen LogP contribution is -2.45. The number of rotatable bonds is 7. The number of likely N-dealkylation sites (tertiary alicyclic amines) is 2. The lowest BCUT2D eigenvalue weighted by Gasteiger charge is -2.21. The number of hydrogen-bond donors (Lipinski definition) is 2. The summed E-state index contributed by atoms with van der Waals surface area (Å²) in [6.45, 7) is 6.48. The summed E-state index contributed by atoms with van der Waals surface area (Å²) >= 11 is 0. The molecule has 0 bridgehead atoms. The zero-order valence-corrected chi connectivity index (χ0v) is 19.2. The number of nitrogens with one attached hydrogen (secondary N) is 2. The van der Waals surface area contributed by atoms with E-state index in [-0.39, 0.29) is 24.0 Å². The van der Waals surface area contributed by atoms with Crippen molar-refractivity contribution >= 4 is 35.8 Å². The van der Waals surface area contributed by atoms with Crippen molar-refractivity contribution in [2.75, 3.05) is 46.3 Å². The number of hydrogen-bond acceptors (Lipinski definition) is 3. The van der Waals surface area contributed by atoms with E-state index < -0.39 is 0 Å². The summed E-state index contributed by atoms with van der Waals surface area (Å²) in [4.78, 5) is 21.5. The van der Waals surface area contributed by atoms with Crippen LogP contribution in [-0.4, -0.2) is 74.0 Å². The average Bonchev–Trinajstić information content (AvgIpc) is 3.42. The molecule has 2 N–H and O–H groups in total. The highest BCUT2D eigenvalue weighted by Gasteiger charge is 2.32. The molecule has 1 saturated carbocycles. The molecule has 1 aliphatic carbocycles. The summed E-state index contributed by atoms with van der Waals surface area (Å²) in [6.07, 6.45) is 10.8. The molecule has 6 nitrogen and oxygen atoms in total. The Labute approximate surface area is 181 Å². The smallest absolute Gasteiger partial charge is 0.225 e. The van der Waals surface area contributed by atoms with Crippen LogP contribution < -0.4 is 10.6 Å². The Morgan fingerprint density at radius 2 is 1.78 bits per heavy atom. The molecule has 0 aromatic carbocycles. The fraction of sp³-hybridized carbons (Fsp3) is 0.900. The van der Waals surface area contributed by atoms with Gasteiger partial charge in [-0.1, -0.05) is 12.8 Å². The molecule has 0 spiro atoms. The van der Waals surface area contributed by atoms with E-state index in [1.807, 2.05) is 7.05 Å². The SMILES string of the molecule is CN=C(NCCCCN1CCCC1)NC1CCN(C(=O)C2CCCC2)C1.I. The number of halogens is 1. The fourth-order valence-corrected chi connectivity index (χ4v) is 4.57. The molecule has 1 amide bonds. The minimum atomic E-state index is 0. The maximum Gasteiger partial charge on any atom is 0.225 e. The molecule has 2 heterocycles. The van der Waals surface area contributed by atoms with Crippen LogP contribution in [0.1, 0.15) is 57.8 Å². The lowest BCUT2D eigenvalue weighted by molar-refractivity contribution is -0.134. The monoisotopic (exact) mass is 491 g/mol. The third-order valence-electron chi connectivity index (χ3n) is 6.16. The Bertz CT molecular complexity index is 475. The van der Waals surface area contributed by atoms with E-state index in [1.54, 1.807) is 0 Å². The first-order valence-electron chi connectivity index (χ1n) is 10.7. The van der Waals surface area contributed by atoms with E-state index >= 15 is 0 Å². The zero-order chi connectivity index (χ0) is 18.2. The van der Waals surface area contributed by atoms with Gasteiger partial charge in [0.1, 0.15) is 0 Å². The van der Waals surface area contributed by atoms with Gasteiger partial charge in [-0.2, -0.15) is 0 Å². The van der Waals surface area contributed by atoms with Gasteiger partial charge in [0.05, 0.1) is 0 Å². The van der Waals surface area contributed by atoms with Crippen LogP contribution in [0, 0.1) is 5.92 Å². The molecule has 1 atom stereocenters. The van der Waals surface area contributed by atoms with E-state index in [0.717, 1.165) is 44.9 Å². The van der Waals surface area contributed by atoms with Crippen LogP contribution in [0.4, 0.5) is 0 Å². The number of nitrogens with zero attached hydrogens (tertiary/aromatic N) is 3. The summed E-state index contributed by atoms with van der Waals surface area (Å²) in [7, 11) is 1.83. The highest BCUT2D eigenvalue weighted by atomic mass is 127. The standard InChI is InChI=1S/C20H37N5O.HI/c1-21-20(22-11-4-5-12-24-13-6-7-14-24)23-18-10-15-25(16-18)19(26)17-8-2-3-9-17;/h17-18H,2-16H2,1H3,(H2,21,22,23);1H. The lowest BCUT2D eigenvalue weighted by atomic mass is 10.1. The Kier molecular flexibility index (Phi) is 10.2. The quantitative estimate of drug-likeness (QED) is 0.249. The molecular weight excluding hydrogens is 453 g/mol. The normalized spacial score (nSPS) is 24.3. The highest BCUT2D eigenvalue weighted by molar-refractivity contribution is 14.0. The minimum absolute atomic E-state index is 0. The summed E-state index contributed by atoms with van der Waals surface area (Å²) in [5.74, 6) is 1.56. The highest BCUT2D eigenvalue weighted by Crippen LogP contribution is 2.27. The maximum absolute atomic E-state index is 12.5. The van der Waals surface area contributed by atoms with Crippen LogP contribution in [0.3, 0.4) is 0 Å². The van der Waals surface area contributed by atoms with E-state index in [4.69, 9.17) is 0 Å². The van der Waals surface area contributed by atoms with Gasteiger partial charge in [0, 0.05) is 38.6 Å². The van der Waals surface area contributed by atoms with Gasteiger partial charge in [0.15, 0.2) is 5.96 Å². The van der Waals surface area contributed by atoms with E-state index in [1.165, 1.54) is 58.2 Å². The van der Waals surface area contributed by atoms with Crippen molar-refractivity contribution in [2.45, 2.75) is 63.8 Å². The third-order valence-corrected chi connectivity index (χ3v) is 6.16. The number of carbonyl (C=O) groups is 1. The van der Waals surface area contributed by atoms with Crippen LogP contribution in [-0.2, 0) is 4.79 Å². The molecule has 0 radical (unpaired) electrons. The summed E-state index contributed by atoms with van der Waals surface area (Å²) < 4.78 is 0. The van der Waals surface area contributed by atoms with Crippen molar-refractivity contribution in [1.29, 1.82) is 0 Å². The van der Waals surface area contributed by atoms with Gasteiger partial charge in [-0.05, 0) is 64.6 Å². The van der Waals surface area contributed by atoms with Crippen LogP contribution in [0.2, 0.25) is 0 Å². The van der Waals surface area contributed by atoms with Gasteiger partial charge in [0.2, 0.25) is 5.91 Å². The van der Waals surface area contributed by atoms with Gasteiger partial charge in [0.25, 0.3) is 0 Å². The van der Waals surface area contributed by atoms with Gasteiger partial charge in [-0.25, -0.2) is 0 Å². The second-order valence-electron chi connectivity index (χ2n) is 8.15. The average molecular weight is 491 g/mol. The number of unbranched alkanes of at least 4 members (excludes halogenated alkanes) is 1. The number of carbonyl (C=O) groups excluding carboxylic acids is 1. The van der Waals surface area contributed by atoms with Crippen molar-refractivity contribution in [1.82, 2.24) is 20.4 Å². The molecule has 7 heteroatoms. The van der Waals surface area contributed by atoms with Crippen molar-refractivity contribution in [3.8, 4) is 0 Å². The van der Waals surface area contributed by atoms with E-state index in [0.29, 0.717) is 17.9 Å². The van der Waals surface area contributed by atoms with Gasteiger partial charge < -0.3 is 20.4 Å². The topological polar surface area (TPSA) is 60.0 Å². The van der Waals surface area contributed by atoms with E-state index in [9.17, 15) is 4.79 Å². The molecular formula is C20H38IN5O. The minimum Gasteiger partial charge on any atom is -0.356 e. The first kappa shape index (κ1) is 22.7. The molecule has 2 aliphatic heterocycles. The largest absolute Gasteiger partial charge is 0.356 e. The first-order chi connectivity index (χ1) is 12.8. The predicted octanol–water partition coefficient (Wildman–Crippen LogP) is 2.44. The second kappa shape index (κ2) is 12.1. The van der Waals surface area contributed by atoms with Crippen LogP contribution in [0.5, 0.6) is 0 Å². The van der Waals surface area contributed by atoms with Gasteiger partial charge in [-0.15, -0.1) is 24.0 Å². The Balaban J connectivity index is 0.00000261. The van der Waals surface area contributed by atoms with Crippen molar-refractivity contribution < 1.29 is 4.79 Å². The van der Waals surface area contributed by atoms with Crippen molar-refractivity contribution in [2.24, 2.45) is 10.9 Å². The Hall–Kier alpha value is -0.570. The summed E-state index contributed by atoms with van der Waals surface area (Å²) in [5.41, 5.74) is 0. The molecule has 0 aromatic heterocycles.